The van der Waals surface area contributed by atoms with Crippen LogP contribution in [0.25, 0.3) is 11.1 Å². The summed E-state index contributed by atoms with van der Waals surface area (Å²) in [6.45, 7) is 3.58. The van der Waals surface area contributed by atoms with Crippen LogP contribution >= 0.6 is 0 Å². The summed E-state index contributed by atoms with van der Waals surface area (Å²) in [6, 6.07) is 17.3. The van der Waals surface area contributed by atoms with Gasteiger partial charge in [-0.2, -0.15) is 0 Å². The van der Waals surface area contributed by atoms with Crippen molar-refractivity contribution in [3.05, 3.63) is 83.2 Å². The van der Waals surface area contributed by atoms with Gasteiger partial charge in [-0.15, -0.1) is 0 Å². The number of aryl methyl sites for hydroxylation is 2. The molecule has 0 unspecified atom stereocenters. The smallest absolute Gasteiger partial charge is 0.340 e. The van der Waals surface area contributed by atoms with Crippen LogP contribution in [-0.4, -0.2) is 28.6 Å². The number of nitrogens with zero attached hydrogens (tertiary/aromatic N) is 3. The monoisotopic (exact) mass is 441 g/mol. The average molecular weight is 441 g/mol. The van der Waals surface area contributed by atoms with Crippen LogP contribution in [-0.2, 0) is 22.4 Å². The highest BCUT2D eigenvalue weighted by molar-refractivity contribution is 6.04. The van der Waals surface area contributed by atoms with Crippen LogP contribution < -0.4 is 4.90 Å². The number of fused-ring (bicyclic) bond motifs is 3. The van der Waals surface area contributed by atoms with Gasteiger partial charge in [0.2, 0.25) is 0 Å². The van der Waals surface area contributed by atoms with Gasteiger partial charge in [0.05, 0.1) is 28.0 Å². The standard InChI is InChI=1S/C26H23N3O4/c1-16(2)24-20-13-19(14-27-25(20)33-28-24)26(31)32-15-23(30)29-21-9-5-3-7-17(21)11-12-18-8-4-6-10-22(18)29/h3-10,13-14,16H,11-12,15H2,1-2H3. The number of carbonyl (C=O) groups excluding carboxylic acids is 2. The molecule has 0 saturated carbocycles. The molecule has 0 radical (unpaired) electrons. The predicted octanol–water partition coefficient (Wildman–Crippen LogP) is 4.97. The molecule has 166 valence electrons. The van der Waals surface area contributed by atoms with E-state index in [1.165, 1.54) is 6.20 Å². The first-order valence-electron chi connectivity index (χ1n) is 10.9. The van der Waals surface area contributed by atoms with E-state index in [9.17, 15) is 9.59 Å². The second-order valence-corrected chi connectivity index (χ2v) is 8.36. The zero-order valence-corrected chi connectivity index (χ0v) is 18.4. The summed E-state index contributed by atoms with van der Waals surface area (Å²) in [5, 5.41) is 4.70. The van der Waals surface area contributed by atoms with Crippen molar-refractivity contribution in [2.24, 2.45) is 0 Å². The van der Waals surface area contributed by atoms with E-state index in [4.69, 9.17) is 9.26 Å². The number of pyridine rings is 1. The maximum absolute atomic E-state index is 13.3. The molecule has 5 rings (SSSR count). The molecule has 1 aliphatic heterocycles. The number of hydrogen-bond acceptors (Lipinski definition) is 6. The summed E-state index contributed by atoms with van der Waals surface area (Å²) in [6.07, 6.45) is 3.04. The Bertz CT molecular complexity index is 1310. The van der Waals surface area contributed by atoms with Crippen LogP contribution in [0.1, 0.15) is 46.9 Å². The summed E-state index contributed by atoms with van der Waals surface area (Å²) in [5.74, 6) is -0.818. The van der Waals surface area contributed by atoms with Gasteiger partial charge >= 0.3 is 5.97 Å². The van der Waals surface area contributed by atoms with Crippen LogP contribution in [0.5, 0.6) is 0 Å². The van der Waals surface area contributed by atoms with Crippen molar-refractivity contribution in [3.8, 4) is 0 Å². The normalized spacial score (nSPS) is 12.9. The molecule has 33 heavy (non-hydrogen) atoms. The molecule has 0 spiro atoms. The van der Waals surface area contributed by atoms with Gasteiger partial charge in [-0.3, -0.25) is 9.69 Å². The molecule has 3 heterocycles. The highest BCUT2D eigenvalue weighted by Gasteiger charge is 2.26. The Morgan fingerprint density at radius 2 is 1.67 bits per heavy atom. The Labute approximate surface area is 191 Å². The largest absolute Gasteiger partial charge is 0.452 e. The lowest BCUT2D eigenvalue weighted by Crippen LogP contribution is -2.31. The molecule has 2 aromatic carbocycles. The van der Waals surface area contributed by atoms with Crippen molar-refractivity contribution in [1.29, 1.82) is 0 Å². The van der Waals surface area contributed by atoms with Crippen LogP contribution in [0.15, 0.2) is 65.3 Å². The molecule has 2 aromatic heterocycles. The zero-order chi connectivity index (χ0) is 22.9. The van der Waals surface area contributed by atoms with Gasteiger partial charge in [0.15, 0.2) is 6.61 Å². The number of aromatic nitrogens is 2. The number of esters is 1. The van der Waals surface area contributed by atoms with Gasteiger partial charge < -0.3 is 9.26 Å². The molecule has 0 fully saturated rings. The van der Waals surface area contributed by atoms with Crippen molar-refractivity contribution < 1.29 is 18.8 Å². The van der Waals surface area contributed by atoms with Crippen molar-refractivity contribution in [2.45, 2.75) is 32.6 Å². The number of carbonyl (C=O) groups is 2. The van der Waals surface area contributed by atoms with Crippen LogP contribution in [0.4, 0.5) is 11.4 Å². The van der Waals surface area contributed by atoms with E-state index < -0.39 is 5.97 Å². The predicted molar refractivity (Wildman–Crippen MR) is 124 cm³/mol. The topological polar surface area (TPSA) is 85.5 Å². The highest BCUT2D eigenvalue weighted by Crippen LogP contribution is 2.36. The molecule has 0 aliphatic carbocycles. The Morgan fingerprint density at radius 3 is 2.30 bits per heavy atom. The van der Waals surface area contributed by atoms with Crippen LogP contribution in [0.3, 0.4) is 0 Å². The number of ether oxygens (including phenoxy) is 1. The zero-order valence-electron chi connectivity index (χ0n) is 18.4. The second-order valence-electron chi connectivity index (χ2n) is 8.36. The fraction of sp³-hybridized carbons (Fsp3) is 0.231. The fourth-order valence-corrected chi connectivity index (χ4v) is 4.20. The third-order valence-electron chi connectivity index (χ3n) is 5.84. The third kappa shape index (κ3) is 3.86. The first kappa shape index (κ1) is 20.9. The van der Waals surface area contributed by atoms with Crippen LogP contribution in [0, 0.1) is 0 Å². The molecule has 0 saturated heterocycles. The number of anilines is 2. The van der Waals surface area contributed by atoms with Gasteiger partial charge in [0.25, 0.3) is 11.6 Å². The summed E-state index contributed by atoms with van der Waals surface area (Å²) >= 11 is 0. The van der Waals surface area contributed by atoms with Gasteiger partial charge in [-0.1, -0.05) is 55.4 Å². The SMILES string of the molecule is CC(C)c1noc2ncc(C(=O)OCC(=O)N3c4ccccc4CCc4ccccc43)cc12. The molecule has 1 aliphatic rings. The van der Waals surface area contributed by atoms with E-state index in [1.807, 2.05) is 62.4 Å². The Balaban J connectivity index is 1.40. The molecule has 1 amide bonds. The summed E-state index contributed by atoms with van der Waals surface area (Å²) < 4.78 is 10.6. The minimum atomic E-state index is -0.620. The van der Waals surface area contributed by atoms with Crippen molar-refractivity contribution in [1.82, 2.24) is 10.1 Å². The molecule has 0 atom stereocenters. The molecule has 7 heteroatoms. The molecule has 0 N–H and O–H groups in total. The van der Waals surface area contributed by atoms with Crippen LogP contribution in [0.2, 0.25) is 0 Å². The maximum Gasteiger partial charge on any atom is 0.340 e. The Hall–Kier alpha value is -4.00. The molecular formula is C26H23N3O4. The number of para-hydroxylation sites is 2. The number of rotatable bonds is 4. The van der Waals surface area contributed by atoms with Crippen molar-refractivity contribution >= 4 is 34.4 Å². The summed E-state index contributed by atoms with van der Waals surface area (Å²) in [5.41, 5.74) is 5.13. The second kappa shape index (κ2) is 8.50. The van der Waals surface area contributed by atoms with E-state index in [-0.39, 0.29) is 24.0 Å². The highest BCUT2D eigenvalue weighted by atomic mass is 16.5. The number of benzene rings is 2. The summed E-state index contributed by atoms with van der Waals surface area (Å²) in [7, 11) is 0. The minimum Gasteiger partial charge on any atom is -0.452 e. The van der Waals surface area contributed by atoms with Gasteiger partial charge in [0, 0.05) is 6.20 Å². The van der Waals surface area contributed by atoms with E-state index in [1.54, 1.807) is 11.0 Å². The molecule has 0 bridgehead atoms. The lowest BCUT2D eigenvalue weighted by atomic mass is 10.0. The third-order valence-corrected chi connectivity index (χ3v) is 5.84. The average Bonchev–Trinajstić information content (AvgIpc) is 3.18. The molecule has 7 nitrogen and oxygen atoms in total. The number of amides is 1. The summed E-state index contributed by atoms with van der Waals surface area (Å²) in [4.78, 5) is 31.9. The Morgan fingerprint density at radius 1 is 1.03 bits per heavy atom. The minimum absolute atomic E-state index is 0.115. The lowest BCUT2D eigenvalue weighted by molar-refractivity contribution is -0.120. The fourth-order valence-electron chi connectivity index (χ4n) is 4.20. The first-order valence-corrected chi connectivity index (χ1v) is 10.9. The van der Waals surface area contributed by atoms with Gasteiger partial charge in [0.1, 0.15) is 0 Å². The van der Waals surface area contributed by atoms with Gasteiger partial charge in [-0.05, 0) is 48.1 Å². The Kier molecular flexibility index (Phi) is 5.38. The van der Waals surface area contributed by atoms with E-state index in [0.717, 1.165) is 41.0 Å². The first-order chi connectivity index (χ1) is 16.0. The van der Waals surface area contributed by atoms with Crippen molar-refractivity contribution in [3.63, 3.8) is 0 Å². The van der Waals surface area contributed by atoms with Gasteiger partial charge in [-0.25, -0.2) is 9.78 Å². The number of hydrogen-bond donors (Lipinski definition) is 0. The quantitative estimate of drug-likeness (QED) is 0.416. The van der Waals surface area contributed by atoms with Crippen molar-refractivity contribution in [2.75, 3.05) is 11.5 Å². The molecular weight excluding hydrogens is 418 g/mol. The van der Waals surface area contributed by atoms with E-state index >= 15 is 0 Å². The van der Waals surface area contributed by atoms with E-state index in [0.29, 0.717) is 11.1 Å². The maximum atomic E-state index is 13.3. The van der Waals surface area contributed by atoms with E-state index in [2.05, 4.69) is 10.1 Å². The molecule has 4 aromatic rings. The lowest BCUT2D eigenvalue weighted by Gasteiger charge is -2.24.